The van der Waals surface area contributed by atoms with Crippen LogP contribution in [-0.2, 0) is 9.53 Å². The predicted octanol–water partition coefficient (Wildman–Crippen LogP) is 1.99. The van der Waals surface area contributed by atoms with Crippen LogP contribution in [0.25, 0.3) is 0 Å². The van der Waals surface area contributed by atoms with Gasteiger partial charge >= 0.3 is 12.1 Å². The molecule has 0 aromatic heterocycles. The Kier molecular flexibility index (Phi) is 4.18. The third-order valence-corrected chi connectivity index (χ3v) is 2.81. The average Bonchev–Trinajstić information content (AvgIpc) is 2.47. The second-order valence-electron chi connectivity index (χ2n) is 4.11. The van der Waals surface area contributed by atoms with Crippen LogP contribution in [0.3, 0.4) is 0 Å². The second kappa shape index (κ2) is 6.04. The van der Waals surface area contributed by atoms with Crippen LogP contribution in [-0.4, -0.2) is 37.2 Å². The summed E-state index contributed by atoms with van der Waals surface area (Å²) in [5.41, 5.74) is 0.485. The van der Waals surface area contributed by atoms with E-state index < -0.39 is 12.1 Å². The number of carbonyl (C=O) groups is 2. The van der Waals surface area contributed by atoms with Crippen LogP contribution < -0.4 is 4.74 Å². The van der Waals surface area contributed by atoms with Gasteiger partial charge in [0.1, 0.15) is 5.75 Å². The standard InChI is InChI=1S/C14H15NO4/c1-18-13(16)11-6-5-9-15(10-11)14(17)19-12-7-3-2-4-8-12/h2-4,6-8H,5,9-10H2,1H3. The molecule has 0 atom stereocenters. The minimum atomic E-state index is -0.458. The lowest BCUT2D eigenvalue weighted by molar-refractivity contribution is -0.136. The van der Waals surface area contributed by atoms with Gasteiger partial charge in [-0.1, -0.05) is 24.3 Å². The SMILES string of the molecule is COC(=O)C1=CCCN(C(=O)Oc2ccccc2)C1. The van der Waals surface area contributed by atoms with Gasteiger partial charge in [-0.15, -0.1) is 0 Å². The number of hydrogen-bond donors (Lipinski definition) is 0. The van der Waals surface area contributed by atoms with Gasteiger partial charge in [0.05, 0.1) is 19.2 Å². The maximum absolute atomic E-state index is 11.9. The van der Waals surface area contributed by atoms with Crippen LogP contribution >= 0.6 is 0 Å². The van der Waals surface area contributed by atoms with Gasteiger partial charge in [0, 0.05) is 6.54 Å². The van der Waals surface area contributed by atoms with Gasteiger partial charge in [0.15, 0.2) is 0 Å². The molecule has 1 amide bonds. The first-order chi connectivity index (χ1) is 9.20. The van der Waals surface area contributed by atoms with Gasteiger partial charge in [-0.25, -0.2) is 9.59 Å². The van der Waals surface area contributed by atoms with E-state index in [4.69, 9.17) is 4.74 Å². The molecule has 5 heteroatoms. The molecule has 0 aliphatic carbocycles. The Hall–Kier alpha value is -2.30. The van der Waals surface area contributed by atoms with Crippen molar-refractivity contribution >= 4 is 12.1 Å². The van der Waals surface area contributed by atoms with Gasteiger partial charge in [-0.3, -0.25) is 0 Å². The Morgan fingerprint density at radius 1 is 1.21 bits per heavy atom. The smallest absolute Gasteiger partial charge is 0.415 e. The topological polar surface area (TPSA) is 55.8 Å². The number of esters is 1. The van der Waals surface area contributed by atoms with Gasteiger partial charge in [0.2, 0.25) is 0 Å². The van der Waals surface area contributed by atoms with Crippen molar-refractivity contribution in [3.05, 3.63) is 42.0 Å². The zero-order valence-electron chi connectivity index (χ0n) is 10.7. The summed E-state index contributed by atoms with van der Waals surface area (Å²) in [5.74, 6) is 0.0823. The Morgan fingerprint density at radius 3 is 2.63 bits per heavy atom. The zero-order chi connectivity index (χ0) is 13.7. The molecule has 0 spiro atoms. The van der Waals surface area contributed by atoms with Crippen molar-refractivity contribution in [1.29, 1.82) is 0 Å². The summed E-state index contributed by atoms with van der Waals surface area (Å²) in [5, 5.41) is 0. The molecule has 5 nitrogen and oxygen atoms in total. The molecule has 100 valence electrons. The van der Waals surface area contributed by atoms with Crippen molar-refractivity contribution in [3.63, 3.8) is 0 Å². The zero-order valence-corrected chi connectivity index (χ0v) is 10.7. The normalized spacial score (nSPS) is 14.6. The molecule has 1 aromatic carbocycles. The highest BCUT2D eigenvalue weighted by atomic mass is 16.6. The van der Waals surface area contributed by atoms with Gasteiger partial charge < -0.3 is 14.4 Å². The molecule has 0 saturated carbocycles. The van der Waals surface area contributed by atoms with Crippen molar-refractivity contribution in [3.8, 4) is 5.75 Å². The van der Waals surface area contributed by atoms with Crippen molar-refractivity contribution in [2.24, 2.45) is 0 Å². The van der Waals surface area contributed by atoms with Crippen LogP contribution in [0, 0.1) is 0 Å². The lowest BCUT2D eigenvalue weighted by Crippen LogP contribution is -2.39. The monoisotopic (exact) mass is 261 g/mol. The second-order valence-corrected chi connectivity index (χ2v) is 4.11. The fourth-order valence-electron chi connectivity index (χ4n) is 1.83. The highest BCUT2D eigenvalue weighted by Crippen LogP contribution is 2.15. The quantitative estimate of drug-likeness (QED) is 0.764. The number of amides is 1. The Bertz CT molecular complexity index is 495. The molecule has 1 heterocycles. The van der Waals surface area contributed by atoms with Crippen molar-refractivity contribution in [2.45, 2.75) is 6.42 Å². The van der Waals surface area contributed by atoms with Crippen LogP contribution in [0.1, 0.15) is 6.42 Å². The minimum Gasteiger partial charge on any atom is -0.466 e. The fraction of sp³-hybridized carbons (Fsp3) is 0.286. The van der Waals surface area contributed by atoms with Crippen LogP contribution in [0.15, 0.2) is 42.0 Å². The van der Waals surface area contributed by atoms with E-state index in [-0.39, 0.29) is 6.54 Å². The number of benzene rings is 1. The van der Waals surface area contributed by atoms with Crippen molar-refractivity contribution in [1.82, 2.24) is 4.90 Å². The minimum absolute atomic E-state index is 0.221. The summed E-state index contributed by atoms with van der Waals surface area (Å²) in [6.07, 6.45) is 1.95. The molecule has 0 saturated heterocycles. The Balaban J connectivity index is 1.98. The molecule has 0 fully saturated rings. The van der Waals surface area contributed by atoms with Crippen LogP contribution in [0.5, 0.6) is 5.75 Å². The Labute approximate surface area is 111 Å². The van der Waals surface area contributed by atoms with Crippen LogP contribution in [0.4, 0.5) is 4.79 Å². The molecule has 0 bridgehead atoms. The van der Waals surface area contributed by atoms with E-state index in [0.717, 1.165) is 0 Å². The first-order valence-electron chi connectivity index (χ1n) is 6.00. The van der Waals surface area contributed by atoms with E-state index in [0.29, 0.717) is 24.3 Å². The fourth-order valence-corrected chi connectivity index (χ4v) is 1.83. The molecular formula is C14H15NO4. The summed E-state index contributed by atoms with van der Waals surface area (Å²) >= 11 is 0. The van der Waals surface area contributed by atoms with Gasteiger partial charge in [-0.2, -0.15) is 0 Å². The van der Waals surface area contributed by atoms with Gasteiger partial charge in [-0.05, 0) is 18.6 Å². The van der Waals surface area contributed by atoms with Gasteiger partial charge in [0.25, 0.3) is 0 Å². The maximum atomic E-state index is 11.9. The summed E-state index contributed by atoms with van der Waals surface area (Å²) in [7, 11) is 1.32. The summed E-state index contributed by atoms with van der Waals surface area (Å²) in [4.78, 5) is 24.9. The Morgan fingerprint density at radius 2 is 1.95 bits per heavy atom. The first kappa shape index (κ1) is 13.1. The molecule has 1 aliphatic heterocycles. The number of hydrogen-bond acceptors (Lipinski definition) is 4. The number of nitrogens with zero attached hydrogens (tertiary/aromatic N) is 1. The molecule has 0 N–H and O–H groups in total. The largest absolute Gasteiger partial charge is 0.466 e. The summed E-state index contributed by atoms with van der Waals surface area (Å²) < 4.78 is 9.87. The molecule has 2 rings (SSSR count). The van der Waals surface area contributed by atoms with E-state index in [1.165, 1.54) is 12.0 Å². The first-order valence-corrected chi connectivity index (χ1v) is 6.00. The number of methoxy groups -OCH3 is 1. The maximum Gasteiger partial charge on any atom is 0.415 e. The molecule has 1 aromatic rings. The average molecular weight is 261 g/mol. The number of ether oxygens (including phenoxy) is 2. The van der Waals surface area contributed by atoms with E-state index in [1.807, 2.05) is 6.07 Å². The van der Waals surface area contributed by atoms with E-state index in [1.54, 1.807) is 30.3 Å². The lowest BCUT2D eigenvalue weighted by atomic mass is 10.1. The number of rotatable bonds is 2. The van der Waals surface area contributed by atoms with Crippen molar-refractivity contribution in [2.75, 3.05) is 20.2 Å². The lowest BCUT2D eigenvalue weighted by Gasteiger charge is -2.25. The number of carbonyl (C=O) groups excluding carboxylic acids is 2. The summed E-state index contributed by atoms with van der Waals surface area (Å²) in [6, 6.07) is 8.84. The predicted molar refractivity (Wildman–Crippen MR) is 68.8 cm³/mol. The highest BCUT2D eigenvalue weighted by Gasteiger charge is 2.23. The van der Waals surface area contributed by atoms with Crippen molar-refractivity contribution < 1.29 is 19.1 Å². The third-order valence-electron chi connectivity index (χ3n) is 2.81. The third kappa shape index (κ3) is 3.34. The highest BCUT2D eigenvalue weighted by molar-refractivity contribution is 5.89. The van der Waals surface area contributed by atoms with Crippen LogP contribution in [0.2, 0.25) is 0 Å². The molecule has 1 aliphatic rings. The summed E-state index contributed by atoms with van der Waals surface area (Å²) in [6.45, 7) is 0.754. The van der Waals surface area contributed by atoms with E-state index in [9.17, 15) is 9.59 Å². The molecule has 0 radical (unpaired) electrons. The number of para-hydroxylation sites is 1. The molecule has 0 unspecified atom stereocenters. The van der Waals surface area contributed by atoms with E-state index >= 15 is 0 Å². The molecular weight excluding hydrogens is 246 g/mol. The van der Waals surface area contributed by atoms with E-state index in [2.05, 4.69) is 4.74 Å². The molecule has 19 heavy (non-hydrogen) atoms.